The summed E-state index contributed by atoms with van der Waals surface area (Å²) >= 11 is 11.7. The topological polar surface area (TPSA) is 38.0 Å². The van der Waals surface area contributed by atoms with Crippen LogP contribution in [0.15, 0.2) is 18.2 Å². The van der Waals surface area contributed by atoms with E-state index in [1.807, 2.05) is 12.1 Å². The van der Waals surface area contributed by atoms with Crippen molar-refractivity contribution in [2.24, 2.45) is 5.73 Å². The van der Waals surface area contributed by atoms with E-state index in [1.165, 1.54) is 0 Å². The molecule has 76 valence electrons. The number of halogens is 2. The third kappa shape index (κ3) is 2.53. The summed E-state index contributed by atoms with van der Waals surface area (Å²) in [5.41, 5.74) is 6.87. The summed E-state index contributed by atoms with van der Waals surface area (Å²) in [4.78, 5) is 0. The van der Waals surface area contributed by atoms with Gasteiger partial charge in [-0.25, -0.2) is 0 Å². The zero-order valence-corrected chi connectivity index (χ0v) is 9.20. The zero-order chi connectivity index (χ0) is 10.2. The molecule has 0 saturated heterocycles. The molecule has 3 N–H and O–H groups in total. The highest BCUT2D eigenvalue weighted by Crippen LogP contribution is 2.32. The first-order valence-electron chi connectivity index (χ1n) is 4.56. The number of hydrogen-bond donors (Lipinski definition) is 2. The second kappa shape index (κ2) is 3.61. The van der Waals surface area contributed by atoms with E-state index in [0.29, 0.717) is 10.0 Å². The minimum Gasteiger partial charge on any atom is -0.383 e. The number of anilines is 1. The maximum Gasteiger partial charge on any atom is 0.0441 e. The van der Waals surface area contributed by atoms with Crippen LogP contribution in [-0.2, 0) is 0 Å². The first-order valence-corrected chi connectivity index (χ1v) is 5.32. The lowest BCUT2D eigenvalue weighted by atomic mass is 10.2. The van der Waals surface area contributed by atoms with Crippen molar-refractivity contribution in [1.82, 2.24) is 0 Å². The maximum absolute atomic E-state index is 5.94. The van der Waals surface area contributed by atoms with Crippen molar-refractivity contribution in [2.45, 2.75) is 18.4 Å². The highest BCUT2D eigenvalue weighted by atomic mass is 35.5. The lowest BCUT2D eigenvalue weighted by Crippen LogP contribution is -2.31. The van der Waals surface area contributed by atoms with Crippen LogP contribution in [0.25, 0.3) is 0 Å². The minimum atomic E-state index is -0.00516. The number of benzene rings is 1. The van der Waals surface area contributed by atoms with E-state index in [-0.39, 0.29) is 5.54 Å². The van der Waals surface area contributed by atoms with Crippen molar-refractivity contribution in [3.05, 3.63) is 28.2 Å². The van der Waals surface area contributed by atoms with Gasteiger partial charge in [0.1, 0.15) is 0 Å². The second-order valence-electron chi connectivity index (χ2n) is 3.87. The van der Waals surface area contributed by atoms with Gasteiger partial charge in [0, 0.05) is 27.8 Å². The zero-order valence-electron chi connectivity index (χ0n) is 7.69. The molecule has 1 aromatic rings. The van der Waals surface area contributed by atoms with Crippen molar-refractivity contribution in [3.63, 3.8) is 0 Å². The molecule has 0 bridgehead atoms. The van der Waals surface area contributed by atoms with Gasteiger partial charge in [-0.15, -0.1) is 0 Å². The molecule has 2 nitrogen and oxygen atoms in total. The van der Waals surface area contributed by atoms with Gasteiger partial charge in [0.05, 0.1) is 0 Å². The number of nitrogens with one attached hydrogen (secondary N) is 1. The Bertz CT molecular complexity index is 328. The highest BCUT2D eigenvalue weighted by Gasteiger charge is 2.37. The Morgan fingerprint density at radius 2 is 1.79 bits per heavy atom. The molecule has 1 saturated carbocycles. The Hall–Kier alpha value is -0.440. The molecule has 1 aromatic carbocycles. The summed E-state index contributed by atoms with van der Waals surface area (Å²) in [6, 6.07) is 5.40. The fraction of sp³-hybridized carbons (Fsp3) is 0.400. The van der Waals surface area contributed by atoms with E-state index >= 15 is 0 Å². The summed E-state index contributed by atoms with van der Waals surface area (Å²) in [6.07, 6.45) is 2.18. The van der Waals surface area contributed by atoms with Crippen LogP contribution < -0.4 is 11.1 Å². The first kappa shape index (κ1) is 10.1. The molecule has 1 fully saturated rings. The van der Waals surface area contributed by atoms with E-state index in [9.17, 15) is 0 Å². The molecule has 0 radical (unpaired) electrons. The third-order valence-corrected chi connectivity index (χ3v) is 2.84. The molecule has 14 heavy (non-hydrogen) atoms. The molecule has 0 aliphatic heterocycles. The first-order chi connectivity index (χ1) is 6.57. The highest BCUT2D eigenvalue weighted by molar-refractivity contribution is 6.35. The molecular weight excluding hydrogens is 219 g/mol. The van der Waals surface area contributed by atoms with Gasteiger partial charge >= 0.3 is 0 Å². The smallest absolute Gasteiger partial charge is 0.0441 e. The van der Waals surface area contributed by atoms with Crippen LogP contribution in [0.5, 0.6) is 0 Å². The molecular formula is C10H12Cl2N2. The van der Waals surface area contributed by atoms with Gasteiger partial charge in [-0.3, -0.25) is 0 Å². The summed E-state index contributed by atoms with van der Waals surface area (Å²) in [7, 11) is 0. The Balaban J connectivity index is 2.01. The van der Waals surface area contributed by atoms with E-state index in [0.717, 1.165) is 25.1 Å². The molecule has 1 aliphatic carbocycles. The van der Waals surface area contributed by atoms with E-state index < -0.39 is 0 Å². The van der Waals surface area contributed by atoms with Crippen molar-refractivity contribution in [2.75, 3.05) is 11.9 Å². The van der Waals surface area contributed by atoms with Gasteiger partial charge in [0.15, 0.2) is 0 Å². The predicted octanol–water partition coefficient (Wildman–Crippen LogP) is 2.90. The molecule has 0 aromatic heterocycles. The number of hydrogen-bond acceptors (Lipinski definition) is 2. The SMILES string of the molecule is NC1(CNc2cc(Cl)cc(Cl)c2)CC1. The van der Waals surface area contributed by atoms with Gasteiger partial charge in [0.25, 0.3) is 0 Å². The fourth-order valence-electron chi connectivity index (χ4n) is 1.27. The van der Waals surface area contributed by atoms with Crippen LogP contribution in [0, 0.1) is 0 Å². The molecule has 1 aliphatic rings. The van der Waals surface area contributed by atoms with Crippen LogP contribution in [-0.4, -0.2) is 12.1 Å². The monoisotopic (exact) mass is 230 g/mol. The average Bonchev–Trinajstić information content (AvgIpc) is 2.80. The molecule has 0 atom stereocenters. The van der Waals surface area contributed by atoms with Crippen LogP contribution in [0.2, 0.25) is 10.0 Å². The lowest BCUT2D eigenvalue weighted by Gasteiger charge is -2.11. The molecule has 2 rings (SSSR count). The summed E-state index contributed by atoms with van der Waals surface area (Å²) in [5, 5.41) is 4.52. The number of nitrogens with two attached hydrogens (primary N) is 1. The third-order valence-electron chi connectivity index (χ3n) is 2.40. The van der Waals surface area contributed by atoms with Crippen LogP contribution in [0.4, 0.5) is 5.69 Å². The summed E-state index contributed by atoms with van der Waals surface area (Å²) in [6.45, 7) is 0.781. The largest absolute Gasteiger partial charge is 0.383 e. The fourth-order valence-corrected chi connectivity index (χ4v) is 1.80. The van der Waals surface area contributed by atoms with Gasteiger partial charge < -0.3 is 11.1 Å². The van der Waals surface area contributed by atoms with Gasteiger partial charge in [0.2, 0.25) is 0 Å². The van der Waals surface area contributed by atoms with E-state index in [4.69, 9.17) is 28.9 Å². The summed E-state index contributed by atoms with van der Waals surface area (Å²) < 4.78 is 0. The Morgan fingerprint density at radius 1 is 1.21 bits per heavy atom. The Kier molecular flexibility index (Phi) is 2.60. The van der Waals surface area contributed by atoms with Crippen LogP contribution in [0.3, 0.4) is 0 Å². The Labute approximate surface area is 93.4 Å². The Morgan fingerprint density at radius 3 is 2.29 bits per heavy atom. The maximum atomic E-state index is 5.94. The predicted molar refractivity (Wildman–Crippen MR) is 61.1 cm³/mol. The van der Waals surface area contributed by atoms with E-state index in [2.05, 4.69) is 5.32 Å². The van der Waals surface area contributed by atoms with Crippen LogP contribution in [0.1, 0.15) is 12.8 Å². The average molecular weight is 231 g/mol. The minimum absolute atomic E-state index is 0.00516. The standard InChI is InChI=1S/C10H12Cl2N2/c11-7-3-8(12)5-9(4-7)14-6-10(13)1-2-10/h3-5,14H,1-2,6,13H2. The molecule has 0 amide bonds. The second-order valence-corrected chi connectivity index (χ2v) is 4.75. The number of rotatable bonds is 3. The molecule has 0 unspecified atom stereocenters. The van der Waals surface area contributed by atoms with Gasteiger partial charge in [-0.2, -0.15) is 0 Å². The quantitative estimate of drug-likeness (QED) is 0.839. The van der Waals surface area contributed by atoms with Gasteiger partial charge in [-0.05, 0) is 31.0 Å². The lowest BCUT2D eigenvalue weighted by molar-refractivity contribution is 0.713. The van der Waals surface area contributed by atoms with Crippen molar-refractivity contribution in [3.8, 4) is 0 Å². The van der Waals surface area contributed by atoms with Crippen molar-refractivity contribution in [1.29, 1.82) is 0 Å². The molecule has 0 spiro atoms. The normalized spacial score (nSPS) is 17.9. The van der Waals surface area contributed by atoms with Crippen LogP contribution >= 0.6 is 23.2 Å². The molecule has 0 heterocycles. The van der Waals surface area contributed by atoms with E-state index in [1.54, 1.807) is 6.07 Å². The van der Waals surface area contributed by atoms with Gasteiger partial charge in [-0.1, -0.05) is 23.2 Å². The van der Waals surface area contributed by atoms with Crippen molar-refractivity contribution >= 4 is 28.9 Å². The van der Waals surface area contributed by atoms with Crippen molar-refractivity contribution < 1.29 is 0 Å². The molecule has 4 heteroatoms. The summed E-state index contributed by atoms with van der Waals surface area (Å²) in [5.74, 6) is 0.